The molecule has 0 radical (unpaired) electrons. The Hall–Kier alpha value is -2.47. The van der Waals surface area contributed by atoms with Crippen LogP contribution in [0.1, 0.15) is 15.9 Å². The number of carbonyl (C=O) groups excluding carboxylic acids is 1. The number of halogens is 2. The summed E-state index contributed by atoms with van der Waals surface area (Å²) in [5.74, 6) is -0.777. The number of rotatable bonds is 5. The highest BCUT2D eigenvalue weighted by molar-refractivity contribution is 6.33. The largest absolute Gasteiger partial charge is 0.488 e. The van der Waals surface area contributed by atoms with Gasteiger partial charge in [-0.3, -0.25) is 14.9 Å². The van der Waals surface area contributed by atoms with Crippen molar-refractivity contribution in [2.75, 3.05) is 0 Å². The number of hydrogen-bond donors (Lipinski definition) is 0. The van der Waals surface area contributed by atoms with Gasteiger partial charge in [0.25, 0.3) is 0 Å². The highest BCUT2D eigenvalue weighted by atomic mass is 35.5. The van der Waals surface area contributed by atoms with Crippen LogP contribution >= 0.6 is 11.6 Å². The summed E-state index contributed by atoms with van der Waals surface area (Å²) in [6.07, 6.45) is 0.529. The minimum absolute atomic E-state index is 0.0148. The summed E-state index contributed by atoms with van der Waals surface area (Å²) < 4.78 is 19.2. The lowest BCUT2D eigenvalue weighted by atomic mass is 10.2. The first kappa shape index (κ1) is 14.9. The fraction of sp³-hybridized carbons (Fsp3) is 0.0714. The maximum Gasteiger partial charge on any atom is 0.305 e. The van der Waals surface area contributed by atoms with Crippen LogP contribution in [0.2, 0.25) is 5.02 Å². The first-order chi connectivity index (χ1) is 10.0. The second-order valence-corrected chi connectivity index (χ2v) is 4.47. The van der Waals surface area contributed by atoms with E-state index in [0.29, 0.717) is 6.29 Å². The lowest BCUT2D eigenvalue weighted by molar-refractivity contribution is -0.387. The molecule has 0 spiro atoms. The molecule has 0 aliphatic rings. The number of aldehydes is 1. The van der Waals surface area contributed by atoms with Crippen LogP contribution in [0, 0.1) is 15.9 Å². The standard InChI is InChI=1S/C14H9ClFNO4/c15-11-4-2-6-13(10(11)7-18)21-8-9-3-1-5-12(14(9)16)17(19)20/h1-7H,8H2. The molecular weight excluding hydrogens is 301 g/mol. The van der Waals surface area contributed by atoms with Crippen molar-refractivity contribution in [1.82, 2.24) is 0 Å². The summed E-state index contributed by atoms with van der Waals surface area (Å²) in [6.45, 7) is -0.255. The molecule has 7 heteroatoms. The molecule has 0 bridgehead atoms. The Kier molecular flexibility index (Phi) is 4.49. The Bertz CT molecular complexity index is 705. The summed E-state index contributed by atoms with van der Waals surface area (Å²) in [4.78, 5) is 20.8. The average Bonchev–Trinajstić information content (AvgIpc) is 2.46. The summed E-state index contributed by atoms with van der Waals surface area (Å²) in [6, 6.07) is 8.40. The number of nitro benzene ring substituents is 1. The van der Waals surface area contributed by atoms with Crippen molar-refractivity contribution in [1.29, 1.82) is 0 Å². The second kappa shape index (κ2) is 6.32. The van der Waals surface area contributed by atoms with Crippen molar-refractivity contribution in [2.45, 2.75) is 6.61 Å². The van der Waals surface area contributed by atoms with Crippen LogP contribution in [0.5, 0.6) is 5.75 Å². The highest BCUT2D eigenvalue weighted by Gasteiger charge is 2.18. The van der Waals surface area contributed by atoms with Crippen molar-refractivity contribution < 1.29 is 18.8 Å². The van der Waals surface area contributed by atoms with Gasteiger partial charge in [0, 0.05) is 11.6 Å². The zero-order valence-electron chi connectivity index (χ0n) is 10.6. The maximum atomic E-state index is 13.9. The van der Waals surface area contributed by atoms with E-state index >= 15 is 0 Å². The van der Waals surface area contributed by atoms with Gasteiger partial charge in [-0.1, -0.05) is 29.8 Å². The van der Waals surface area contributed by atoms with Crippen LogP contribution in [-0.2, 0) is 6.61 Å². The predicted octanol–water partition coefficient (Wildman–Crippen LogP) is 3.78. The summed E-state index contributed by atoms with van der Waals surface area (Å²) in [5.41, 5.74) is -0.469. The molecule has 2 rings (SSSR count). The first-order valence-electron chi connectivity index (χ1n) is 5.83. The Morgan fingerprint density at radius 3 is 2.67 bits per heavy atom. The molecule has 0 heterocycles. The molecule has 5 nitrogen and oxygen atoms in total. The average molecular weight is 310 g/mol. The van der Waals surface area contributed by atoms with E-state index in [1.54, 1.807) is 6.07 Å². The van der Waals surface area contributed by atoms with E-state index in [0.717, 1.165) is 6.07 Å². The Balaban J connectivity index is 2.25. The molecule has 0 aliphatic heterocycles. The fourth-order valence-electron chi connectivity index (χ4n) is 1.73. The summed E-state index contributed by atoms with van der Waals surface area (Å²) >= 11 is 5.83. The van der Waals surface area contributed by atoms with Gasteiger partial charge in [0.2, 0.25) is 5.82 Å². The molecule has 2 aromatic rings. The number of nitrogens with zero attached hydrogens (tertiary/aromatic N) is 1. The highest BCUT2D eigenvalue weighted by Crippen LogP contribution is 2.26. The topological polar surface area (TPSA) is 69.4 Å². The number of ether oxygens (including phenoxy) is 1. The van der Waals surface area contributed by atoms with E-state index in [4.69, 9.17) is 16.3 Å². The molecule has 21 heavy (non-hydrogen) atoms. The van der Waals surface area contributed by atoms with E-state index in [9.17, 15) is 19.3 Å². The van der Waals surface area contributed by atoms with Crippen molar-refractivity contribution in [3.05, 3.63) is 68.5 Å². The van der Waals surface area contributed by atoms with Crippen LogP contribution in [-0.4, -0.2) is 11.2 Å². The SMILES string of the molecule is O=Cc1c(Cl)cccc1OCc1cccc([N+](=O)[O-])c1F. The lowest BCUT2D eigenvalue weighted by Gasteiger charge is -2.10. The Morgan fingerprint density at radius 2 is 2.00 bits per heavy atom. The minimum atomic E-state index is -0.961. The van der Waals surface area contributed by atoms with Gasteiger partial charge in [0.15, 0.2) is 6.29 Å². The molecule has 0 unspecified atom stereocenters. The van der Waals surface area contributed by atoms with Gasteiger partial charge in [-0.2, -0.15) is 4.39 Å². The molecule has 0 amide bonds. The van der Waals surface area contributed by atoms with Gasteiger partial charge in [0.05, 0.1) is 15.5 Å². The zero-order valence-corrected chi connectivity index (χ0v) is 11.3. The van der Waals surface area contributed by atoms with E-state index in [1.165, 1.54) is 24.3 Å². The van der Waals surface area contributed by atoms with Gasteiger partial charge in [-0.25, -0.2) is 0 Å². The molecule has 0 atom stereocenters. The first-order valence-corrected chi connectivity index (χ1v) is 6.20. The number of nitro groups is 1. The van der Waals surface area contributed by atoms with Crippen LogP contribution in [0.25, 0.3) is 0 Å². The molecular formula is C14H9ClFNO4. The van der Waals surface area contributed by atoms with Gasteiger partial charge in [-0.15, -0.1) is 0 Å². The smallest absolute Gasteiger partial charge is 0.305 e. The number of benzene rings is 2. The third-order valence-corrected chi connectivity index (χ3v) is 3.10. The molecule has 0 N–H and O–H groups in total. The number of hydrogen-bond acceptors (Lipinski definition) is 4. The van der Waals surface area contributed by atoms with E-state index < -0.39 is 16.4 Å². The molecule has 0 aromatic heterocycles. The van der Waals surface area contributed by atoms with Crippen molar-refractivity contribution in [2.24, 2.45) is 0 Å². The van der Waals surface area contributed by atoms with Crippen molar-refractivity contribution in [3.8, 4) is 5.75 Å². The van der Waals surface area contributed by atoms with Gasteiger partial charge in [0.1, 0.15) is 12.4 Å². The molecule has 0 saturated heterocycles. The van der Waals surface area contributed by atoms with Gasteiger partial charge >= 0.3 is 5.69 Å². The second-order valence-electron chi connectivity index (χ2n) is 4.07. The Labute approximate surface area is 124 Å². The van der Waals surface area contributed by atoms with E-state index in [-0.39, 0.29) is 28.5 Å². The van der Waals surface area contributed by atoms with Gasteiger partial charge in [-0.05, 0) is 12.1 Å². The van der Waals surface area contributed by atoms with Gasteiger partial charge < -0.3 is 4.74 Å². The maximum absolute atomic E-state index is 13.9. The van der Waals surface area contributed by atoms with Crippen LogP contribution in [0.3, 0.4) is 0 Å². The normalized spacial score (nSPS) is 10.2. The third kappa shape index (κ3) is 3.17. The molecule has 0 aliphatic carbocycles. The van der Waals surface area contributed by atoms with Crippen LogP contribution in [0.4, 0.5) is 10.1 Å². The van der Waals surface area contributed by atoms with E-state index in [1.807, 2.05) is 0 Å². The monoisotopic (exact) mass is 309 g/mol. The zero-order chi connectivity index (χ0) is 15.4. The molecule has 2 aromatic carbocycles. The molecule has 0 fully saturated rings. The number of carbonyl (C=O) groups is 1. The third-order valence-electron chi connectivity index (χ3n) is 2.77. The molecule has 0 saturated carbocycles. The van der Waals surface area contributed by atoms with Crippen molar-refractivity contribution >= 4 is 23.6 Å². The van der Waals surface area contributed by atoms with Crippen molar-refractivity contribution in [3.63, 3.8) is 0 Å². The minimum Gasteiger partial charge on any atom is -0.488 e. The van der Waals surface area contributed by atoms with Crippen LogP contribution in [0.15, 0.2) is 36.4 Å². The quantitative estimate of drug-likeness (QED) is 0.479. The summed E-state index contributed by atoms with van der Waals surface area (Å²) in [7, 11) is 0. The summed E-state index contributed by atoms with van der Waals surface area (Å²) in [5, 5.41) is 10.9. The molecule has 108 valence electrons. The van der Waals surface area contributed by atoms with Crippen LogP contribution < -0.4 is 4.74 Å². The lowest BCUT2D eigenvalue weighted by Crippen LogP contribution is -2.03. The Morgan fingerprint density at radius 1 is 1.29 bits per heavy atom. The fourth-order valence-corrected chi connectivity index (χ4v) is 1.94. The van der Waals surface area contributed by atoms with E-state index in [2.05, 4.69) is 0 Å². The predicted molar refractivity (Wildman–Crippen MR) is 74.2 cm³/mol.